The largest absolute Gasteiger partial charge is 0.292 e. The molecule has 0 radical (unpaired) electrons. The second-order valence-corrected chi connectivity index (χ2v) is 2.89. The normalized spacial score (nSPS) is 9.50. The van der Waals surface area contributed by atoms with Gasteiger partial charge in [-0.2, -0.15) is 5.26 Å². The summed E-state index contributed by atoms with van der Waals surface area (Å²) in [7, 11) is 0. The van der Waals surface area contributed by atoms with Crippen molar-refractivity contribution in [1.29, 1.82) is 5.26 Å². The molecule has 72 valence electrons. The van der Waals surface area contributed by atoms with Gasteiger partial charge in [-0.25, -0.2) is 4.98 Å². The van der Waals surface area contributed by atoms with Crippen LogP contribution in [0.4, 0.5) is 5.69 Å². The Morgan fingerprint density at radius 2 is 2.43 bits per heavy atom. The third kappa shape index (κ3) is 1.65. The first kappa shape index (κ1) is 10.4. The maximum absolute atomic E-state index is 10.6. The summed E-state index contributed by atoms with van der Waals surface area (Å²) in [5.41, 5.74) is 0.230. The van der Waals surface area contributed by atoms with Gasteiger partial charge in [0.25, 0.3) is 5.69 Å². The second kappa shape index (κ2) is 4.03. The number of nitriles is 1. The van der Waals surface area contributed by atoms with Gasteiger partial charge in [-0.15, -0.1) is 0 Å². The predicted octanol–water partition coefficient (Wildman–Crippen LogP) is 2.08. The highest BCUT2D eigenvalue weighted by atomic mass is 35.5. The van der Waals surface area contributed by atoms with Gasteiger partial charge < -0.3 is 0 Å². The SMILES string of the molecule is CCc1c([N+](=O)[O-])cnc(C#N)c1Cl. The molecule has 14 heavy (non-hydrogen) atoms. The maximum Gasteiger partial charge on any atom is 0.292 e. The first-order valence-corrected chi connectivity index (χ1v) is 4.21. The summed E-state index contributed by atoms with van der Waals surface area (Å²) in [6.07, 6.45) is 1.45. The Balaban J connectivity index is 3.45. The summed E-state index contributed by atoms with van der Waals surface area (Å²) in [6, 6.07) is 1.77. The van der Waals surface area contributed by atoms with Crippen LogP contribution in [0.1, 0.15) is 18.2 Å². The predicted molar refractivity (Wildman–Crippen MR) is 50.0 cm³/mol. The van der Waals surface area contributed by atoms with Crippen LogP contribution >= 0.6 is 11.6 Å². The van der Waals surface area contributed by atoms with E-state index in [1.807, 2.05) is 0 Å². The summed E-state index contributed by atoms with van der Waals surface area (Å²) >= 11 is 5.77. The Morgan fingerprint density at radius 3 is 2.86 bits per heavy atom. The smallest absolute Gasteiger partial charge is 0.258 e. The maximum atomic E-state index is 10.6. The van der Waals surface area contributed by atoms with Crippen LogP contribution in [0.3, 0.4) is 0 Å². The third-order valence-corrected chi connectivity index (χ3v) is 2.16. The zero-order valence-corrected chi connectivity index (χ0v) is 8.08. The first-order chi connectivity index (χ1) is 6.61. The Kier molecular flexibility index (Phi) is 2.99. The van der Waals surface area contributed by atoms with Crippen LogP contribution < -0.4 is 0 Å². The summed E-state index contributed by atoms with van der Waals surface area (Å²) in [4.78, 5) is 13.6. The topological polar surface area (TPSA) is 79.8 Å². The lowest BCUT2D eigenvalue weighted by Crippen LogP contribution is -1.99. The molecule has 0 fully saturated rings. The molecule has 0 bridgehead atoms. The number of nitrogens with zero attached hydrogens (tertiary/aromatic N) is 3. The number of aromatic nitrogens is 1. The van der Waals surface area contributed by atoms with E-state index >= 15 is 0 Å². The third-order valence-electron chi connectivity index (χ3n) is 1.75. The minimum absolute atomic E-state index is 0.0223. The zero-order valence-electron chi connectivity index (χ0n) is 7.32. The van der Waals surface area contributed by atoms with Gasteiger partial charge in [0.2, 0.25) is 0 Å². The van der Waals surface area contributed by atoms with Crippen molar-refractivity contribution in [2.24, 2.45) is 0 Å². The Bertz CT molecular complexity index is 425. The number of hydrogen-bond acceptors (Lipinski definition) is 4. The highest BCUT2D eigenvalue weighted by molar-refractivity contribution is 6.32. The fourth-order valence-corrected chi connectivity index (χ4v) is 1.41. The van der Waals surface area contributed by atoms with Crippen molar-refractivity contribution in [2.75, 3.05) is 0 Å². The van der Waals surface area contributed by atoms with E-state index in [1.165, 1.54) is 0 Å². The molecular weight excluding hydrogens is 206 g/mol. The van der Waals surface area contributed by atoms with Gasteiger partial charge in [-0.1, -0.05) is 18.5 Å². The van der Waals surface area contributed by atoms with E-state index in [0.717, 1.165) is 6.20 Å². The highest BCUT2D eigenvalue weighted by Crippen LogP contribution is 2.27. The van der Waals surface area contributed by atoms with Crippen LogP contribution in [0.25, 0.3) is 0 Å². The molecule has 1 heterocycles. The first-order valence-electron chi connectivity index (χ1n) is 3.83. The van der Waals surface area contributed by atoms with E-state index in [1.54, 1.807) is 13.0 Å². The van der Waals surface area contributed by atoms with Crippen LogP contribution in [0, 0.1) is 21.4 Å². The standard InChI is InChI=1S/C8H6ClN3O2/c1-2-5-7(12(13)14)4-11-6(3-10)8(5)9/h4H,2H2,1H3. The van der Waals surface area contributed by atoms with E-state index in [4.69, 9.17) is 16.9 Å². The monoisotopic (exact) mass is 211 g/mol. The number of hydrogen-bond donors (Lipinski definition) is 0. The Labute approximate surface area is 85.1 Å². The number of rotatable bonds is 2. The highest BCUT2D eigenvalue weighted by Gasteiger charge is 2.19. The van der Waals surface area contributed by atoms with E-state index in [-0.39, 0.29) is 16.4 Å². The molecule has 0 aliphatic carbocycles. The average molecular weight is 212 g/mol. The molecule has 0 spiro atoms. The van der Waals surface area contributed by atoms with Gasteiger partial charge in [-0.05, 0) is 6.42 Å². The quantitative estimate of drug-likeness (QED) is 0.554. The molecule has 6 heteroatoms. The van der Waals surface area contributed by atoms with Crippen LogP contribution in [-0.2, 0) is 6.42 Å². The van der Waals surface area contributed by atoms with Crippen molar-refractivity contribution in [3.63, 3.8) is 0 Å². The van der Waals surface area contributed by atoms with Gasteiger partial charge in [0.05, 0.1) is 15.5 Å². The van der Waals surface area contributed by atoms with E-state index in [0.29, 0.717) is 12.0 Å². The molecule has 0 N–H and O–H groups in total. The molecule has 0 atom stereocenters. The second-order valence-electron chi connectivity index (χ2n) is 2.51. The number of nitro groups is 1. The fraction of sp³-hybridized carbons (Fsp3) is 0.250. The fourth-order valence-electron chi connectivity index (χ4n) is 1.09. The van der Waals surface area contributed by atoms with Crippen LogP contribution in [0.15, 0.2) is 6.20 Å². The molecule has 0 saturated carbocycles. The number of halogens is 1. The van der Waals surface area contributed by atoms with E-state index < -0.39 is 4.92 Å². The summed E-state index contributed by atoms with van der Waals surface area (Å²) in [5, 5.41) is 19.2. The summed E-state index contributed by atoms with van der Waals surface area (Å²) < 4.78 is 0. The molecule has 1 rings (SSSR count). The van der Waals surface area contributed by atoms with Crippen molar-refractivity contribution in [1.82, 2.24) is 4.98 Å². The molecule has 0 aliphatic heterocycles. The number of pyridine rings is 1. The van der Waals surface area contributed by atoms with Gasteiger partial charge >= 0.3 is 0 Å². The van der Waals surface area contributed by atoms with E-state index in [9.17, 15) is 10.1 Å². The lowest BCUT2D eigenvalue weighted by molar-refractivity contribution is -0.385. The van der Waals surface area contributed by atoms with Crippen molar-refractivity contribution in [3.8, 4) is 6.07 Å². The summed E-state index contributed by atoms with van der Waals surface area (Å²) in [6.45, 7) is 1.73. The van der Waals surface area contributed by atoms with Crippen LogP contribution in [-0.4, -0.2) is 9.91 Å². The van der Waals surface area contributed by atoms with Crippen molar-refractivity contribution in [2.45, 2.75) is 13.3 Å². The van der Waals surface area contributed by atoms with Gasteiger partial charge in [0.1, 0.15) is 12.3 Å². The van der Waals surface area contributed by atoms with Gasteiger partial charge in [0, 0.05) is 0 Å². The summed E-state index contributed by atoms with van der Waals surface area (Å²) in [5.74, 6) is 0. The van der Waals surface area contributed by atoms with E-state index in [2.05, 4.69) is 4.98 Å². The Morgan fingerprint density at radius 1 is 1.79 bits per heavy atom. The molecule has 0 unspecified atom stereocenters. The van der Waals surface area contributed by atoms with Gasteiger partial charge in [-0.3, -0.25) is 10.1 Å². The molecular formula is C8H6ClN3O2. The Hall–Kier alpha value is -1.67. The molecule has 1 aromatic heterocycles. The molecule has 0 saturated heterocycles. The molecule has 0 amide bonds. The molecule has 5 nitrogen and oxygen atoms in total. The molecule has 1 aromatic rings. The minimum Gasteiger partial charge on any atom is -0.258 e. The van der Waals surface area contributed by atoms with Gasteiger partial charge in [0.15, 0.2) is 5.69 Å². The van der Waals surface area contributed by atoms with Crippen molar-refractivity contribution >= 4 is 17.3 Å². The lowest BCUT2D eigenvalue weighted by atomic mass is 10.1. The molecule has 0 aliphatic rings. The lowest BCUT2D eigenvalue weighted by Gasteiger charge is -2.02. The zero-order chi connectivity index (χ0) is 10.7. The molecule has 0 aromatic carbocycles. The van der Waals surface area contributed by atoms with Crippen LogP contribution in [0.5, 0.6) is 0 Å². The van der Waals surface area contributed by atoms with Crippen LogP contribution in [0.2, 0.25) is 5.02 Å². The average Bonchev–Trinajstić information content (AvgIpc) is 2.17. The van der Waals surface area contributed by atoms with Crippen molar-refractivity contribution in [3.05, 3.63) is 32.6 Å². The minimum atomic E-state index is -0.557. The van der Waals surface area contributed by atoms with Crippen molar-refractivity contribution < 1.29 is 4.92 Å².